The number of anilines is 1. The van der Waals surface area contributed by atoms with Crippen molar-refractivity contribution in [1.29, 1.82) is 0 Å². The highest BCUT2D eigenvalue weighted by molar-refractivity contribution is 8.77. The molecule has 1 N–H and O–H groups in total. The van der Waals surface area contributed by atoms with Crippen molar-refractivity contribution in [2.45, 2.75) is 49.2 Å². The first kappa shape index (κ1) is 22.4. The van der Waals surface area contributed by atoms with Crippen LogP contribution in [0.3, 0.4) is 0 Å². The average Bonchev–Trinajstić information content (AvgIpc) is 3.13. The third-order valence-corrected chi connectivity index (χ3v) is 9.04. The minimum atomic E-state index is -3.67. The molecule has 1 amide bonds. The van der Waals surface area contributed by atoms with E-state index in [1.807, 2.05) is 21.6 Å². The predicted octanol–water partition coefficient (Wildman–Crippen LogP) is 3.99. The highest BCUT2D eigenvalue weighted by atomic mass is 33.1. The van der Waals surface area contributed by atoms with Gasteiger partial charge in [0.05, 0.1) is 6.61 Å². The Hall–Kier alpha value is -0.900. The molecule has 27 heavy (non-hydrogen) atoms. The number of sulfonamides is 1. The monoisotopic (exact) mass is 432 g/mol. The zero-order valence-corrected chi connectivity index (χ0v) is 18.5. The molecule has 1 aromatic carbocycles. The highest BCUT2D eigenvalue weighted by Crippen LogP contribution is 2.39. The summed E-state index contributed by atoms with van der Waals surface area (Å²) in [6.45, 7) is 2.16. The van der Waals surface area contributed by atoms with Crippen LogP contribution >= 0.6 is 21.6 Å². The standard InChI is InChI=1S/C18H28N2O4S3/c1-4-24-16-10-9-14(13-17(16)27(22,23)20(2)3)19-18(21)8-6-5-7-15-11-12-25-26-15/h9-10,13,15H,4-8,11-12H2,1-3H3,(H,19,21). The number of ether oxygens (including phenoxy) is 1. The van der Waals surface area contributed by atoms with Crippen LogP contribution in [-0.2, 0) is 14.8 Å². The molecule has 152 valence electrons. The molecule has 0 saturated carbocycles. The zero-order valence-electron chi connectivity index (χ0n) is 16.1. The molecular weight excluding hydrogens is 404 g/mol. The van der Waals surface area contributed by atoms with Crippen molar-refractivity contribution < 1.29 is 17.9 Å². The van der Waals surface area contributed by atoms with E-state index in [9.17, 15) is 13.2 Å². The van der Waals surface area contributed by atoms with Crippen LogP contribution in [0.2, 0.25) is 0 Å². The molecule has 9 heteroatoms. The number of benzene rings is 1. The van der Waals surface area contributed by atoms with Gasteiger partial charge in [0.15, 0.2) is 0 Å². The number of nitrogens with one attached hydrogen (secondary N) is 1. The second-order valence-corrected chi connectivity index (χ2v) is 11.4. The molecule has 6 nitrogen and oxygen atoms in total. The van der Waals surface area contributed by atoms with Gasteiger partial charge in [0, 0.05) is 37.2 Å². The van der Waals surface area contributed by atoms with E-state index in [2.05, 4.69) is 5.32 Å². The summed E-state index contributed by atoms with van der Waals surface area (Å²) in [6.07, 6.45) is 4.73. The van der Waals surface area contributed by atoms with Crippen molar-refractivity contribution in [3.63, 3.8) is 0 Å². The molecule has 1 saturated heterocycles. The first-order chi connectivity index (χ1) is 12.8. The molecule has 1 aromatic rings. The van der Waals surface area contributed by atoms with Gasteiger partial charge in [-0.1, -0.05) is 28.0 Å². The lowest BCUT2D eigenvalue weighted by molar-refractivity contribution is -0.116. The predicted molar refractivity (Wildman–Crippen MR) is 114 cm³/mol. The third kappa shape index (κ3) is 6.58. The molecule has 1 heterocycles. The van der Waals surface area contributed by atoms with Crippen LogP contribution in [0, 0.1) is 0 Å². The number of carbonyl (C=O) groups excluding carboxylic acids is 1. The number of rotatable bonds is 10. The van der Waals surface area contributed by atoms with Crippen molar-refractivity contribution >= 4 is 43.2 Å². The van der Waals surface area contributed by atoms with E-state index < -0.39 is 10.0 Å². The van der Waals surface area contributed by atoms with Gasteiger partial charge in [0.1, 0.15) is 10.6 Å². The lowest BCUT2D eigenvalue weighted by atomic mass is 10.1. The molecule has 0 spiro atoms. The minimum absolute atomic E-state index is 0.0582. The maximum absolute atomic E-state index is 12.5. The fraction of sp³-hybridized carbons (Fsp3) is 0.611. The maximum Gasteiger partial charge on any atom is 0.246 e. The van der Waals surface area contributed by atoms with Crippen LogP contribution in [0.1, 0.15) is 39.0 Å². The van der Waals surface area contributed by atoms with E-state index in [1.54, 1.807) is 19.1 Å². The van der Waals surface area contributed by atoms with Gasteiger partial charge in [-0.2, -0.15) is 0 Å². The summed E-state index contributed by atoms with van der Waals surface area (Å²) < 4.78 is 31.6. The van der Waals surface area contributed by atoms with Crippen molar-refractivity contribution in [2.24, 2.45) is 0 Å². The van der Waals surface area contributed by atoms with Crippen LogP contribution in [0.15, 0.2) is 23.1 Å². The van der Waals surface area contributed by atoms with E-state index in [1.165, 1.54) is 32.3 Å². The van der Waals surface area contributed by atoms with Gasteiger partial charge >= 0.3 is 0 Å². The lowest BCUT2D eigenvalue weighted by Crippen LogP contribution is -2.23. The Kier molecular flexibility index (Phi) is 8.78. The summed E-state index contributed by atoms with van der Waals surface area (Å²) >= 11 is 0. The molecule has 1 aliphatic rings. The highest BCUT2D eigenvalue weighted by Gasteiger charge is 2.23. The maximum atomic E-state index is 12.5. The number of unbranched alkanes of at least 4 members (excludes halogenated alkanes) is 1. The number of carbonyl (C=O) groups is 1. The normalized spacial score (nSPS) is 17.3. The Morgan fingerprint density at radius 1 is 1.33 bits per heavy atom. The van der Waals surface area contributed by atoms with Crippen LogP contribution in [0.4, 0.5) is 5.69 Å². The summed E-state index contributed by atoms with van der Waals surface area (Å²) in [6, 6.07) is 4.72. The molecule has 1 aliphatic heterocycles. The van der Waals surface area contributed by atoms with Crippen molar-refractivity contribution in [1.82, 2.24) is 4.31 Å². The lowest BCUT2D eigenvalue weighted by Gasteiger charge is -2.16. The molecule has 1 atom stereocenters. The SMILES string of the molecule is CCOc1ccc(NC(=O)CCCCC2CCSS2)cc1S(=O)(=O)N(C)C. The van der Waals surface area contributed by atoms with E-state index in [0.717, 1.165) is 28.8 Å². The Labute approximate surface area is 170 Å². The van der Waals surface area contributed by atoms with Gasteiger partial charge in [-0.05, 0) is 44.4 Å². The second kappa shape index (κ2) is 10.6. The number of nitrogens with zero attached hydrogens (tertiary/aromatic N) is 1. The largest absolute Gasteiger partial charge is 0.492 e. The van der Waals surface area contributed by atoms with Gasteiger partial charge in [0.25, 0.3) is 0 Å². The molecule has 0 aromatic heterocycles. The van der Waals surface area contributed by atoms with Crippen molar-refractivity contribution in [2.75, 3.05) is 31.8 Å². The summed E-state index contributed by atoms with van der Waals surface area (Å²) in [4.78, 5) is 12.3. The molecule has 1 fully saturated rings. The van der Waals surface area contributed by atoms with Gasteiger partial charge in [-0.3, -0.25) is 4.79 Å². The molecular formula is C18H28N2O4S3. The number of hydrogen-bond donors (Lipinski definition) is 1. The molecule has 1 unspecified atom stereocenters. The zero-order chi connectivity index (χ0) is 19.9. The quantitative estimate of drug-likeness (QED) is 0.445. The fourth-order valence-corrected chi connectivity index (χ4v) is 6.78. The Morgan fingerprint density at radius 3 is 2.74 bits per heavy atom. The third-order valence-electron chi connectivity index (χ3n) is 4.19. The van der Waals surface area contributed by atoms with Gasteiger partial charge < -0.3 is 10.1 Å². The van der Waals surface area contributed by atoms with E-state index in [-0.39, 0.29) is 16.6 Å². The van der Waals surface area contributed by atoms with Crippen LogP contribution in [-0.4, -0.2) is 50.3 Å². The minimum Gasteiger partial charge on any atom is -0.492 e. The second-order valence-electron chi connectivity index (χ2n) is 6.50. The van der Waals surface area contributed by atoms with Crippen molar-refractivity contribution in [3.05, 3.63) is 18.2 Å². The number of amides is 1. The summed E-state index contributed by atoms with van der Waals surface area (Å²) in [7, 11) is 3.17. The number of hydrogen-bond acceptors (Lipinski definition) is 6. The summed E-state index contributed by atoms with van der Waals surface area (Å²) in [5, 5.41) is 3.53. The molecule has 0 radical (unpaired) electrons. The fourth-order valence-electron chi connectivity index (χ4n) is 2.70. The van der Waals surface area contributed by atoms with Gasteiger partial charge in [0.2, 0.25) is 15.9 Å². The van der Waals surface area contributed by atoms with Gasteiger partial charge in [-0.25, -0.2) is 12.7 Å². The van der Waals surface area contributed by atoms with Crippen LogP contribution < -0.4 is 10.1 Å². The van der Waals surface area contributed by atoms with E-state index in [0.29, 0.717) is 18.7 Å². The first-order valence-electron chi connectivity index (χ1n) is 9.12. The van der Waals surface area contributed by atoms with Gasteiger partial charge in [-0.15, -0.1) is 0 Å². The Balaban J connectivity index is 1.95. The Morgan fingerprint density at radius 2 is 2.11 bits per heavy atom. The molecule has 0 aliphatic carbocycles. The van der Waals surface area contributed by atoms with E-state index >= 15 is 0 Å². The van der Waals surface area contributed by atoms with E-state index in [4.69, 9.17) is 4.74 Å². The van der Waals surface area contributed by atoms with Crippen molar-refractivity contribution in [3.8, 4) is 5.75 Å². The molecule has 2 rings (SSSR count). The summed E-state index contributed by atoms with van der Waals surface area (Å²) in [5.41, 5.74) is 0.464. The molecule has 0 bridgehead atoms. The Bertz CT molecular complexity index is 732. The summed E-state index contributed by atoms with van der Waals surface area (Å²) in [5.74, 6) is 1.42. The van der Waals surface area contributed by atoms with Crippen LogP contribution in [0.5, 0.6) is 5.75 Å². The average molecular weight is 433 g/mol. The topological polar surface area (TPSA) is 75.7 Å². The smallest absolute Gasteiger partial charge is 0.246 e. The van der Waals surface area contributed by atoms with Crippen LogP contribution in [0.25, 0.3) is 0 Å². The first-order valence-corrected chi connectivity index (χ1v) is 12.9.